The fourth-order valence-corrected chi connectivity index (χ4v) is 3.62. The Kier molecular flexibility index (Phi) is 6.11. The summed E-state index contributed by atoms with van der Waals surface area (Å²) in [5.41, 5.74) is 3.34. The molecule has 24 heavy (non-hydrogen) atoms. The molecule has 0 amide bonds. The highest BCUT2D eigenvalue weighted by atomic mass is 16.3. The van der Waals surface area contributed by atoms with Gasteiger partial charge in [-0.2, -0.15) is 0 Å². The summed E-state index contributed by atoms with van der Waals surface area (Å²) in [6.45, 7) is 10.0. The fourth-order valence-electron chi connectivity index (χ4n) is 3.62. The van der Waals surface area contributed by atoms with Gasteiger partial charge in [-0.1, -0.05) is 38.0 Å². The first kappa shape index (κ1) is 18.6. The predicted octanol–water partition coefficient (Wildman–Crippen LogP) is 4.82. The van der Waals surface area contributed by atoms with Crippen molar-refractivity contribution in [1.29, 1.82) is 0 Å². The SMILES string of the molecule is C=C(C)[C@@H]1C[C@@H](O)C(C)=C[C@H]1c1c(O)cc(CCCCC)cc1O. The highest BCUT2D eigenvalue weighted by Crippen LogP contribution is 2.46. The molecule has 0 aliphatic heterocycles. The van der Waals surface area contributed by atoms with Gasteiger partial charge in [-0.15, -0.1) is 0 Å². The van der Waals surface area contributed by atoms with Crippen LogP contribution in [0.25, 0.3) is 0 Å². The number of hydrogen-bond acceptors (Lipinski definition) is 3. The van der Waals surface area contributed by atoms with Gasteiger partial charge in [0.1, 0.15) is 11.5 Å². The Morgan fingerprint density at radius 3 is 2.38 bits per heavy atom. The van der Waals surface area contributed by atoms with Crippen LogP contribution in [-0.4, -0.2) is 21.4 Å². The fraction of sp³-hybridized carbons (Fsp3) is 0.524. The average molecular weight is 330 g/mol. The molecule has 1 aromatic carbocycles. The third-order valence-electron chi connectivity index (χ3n) is 5.11. The number of phenols is 2. The maximum Gasteiger partial charge on any atom is 0.123 e. The van der Waals surface area contributed by atoms with Gasteiger partial charge in [0.05, 0.1) is 6.10 Å². The first-order valence-electron chi connectivity index (χ1n) is 8.91. The minimum atomic E-state index is -0.486. The Hall–Kier alpha value is -1.74. The molecular weight excluding hydrogens is 300 g/mol. The molecule has 0 saturated heterocycles. The lowest BCUT2D eigenvalue weighted by Gasteiger charge is -2.34. The van der Waals surface area contributed by atoms with Crippen LogP contribution in [0.5, 0.6) is 11.5 Å². The maximum absolute atomic E-state index is 10.6. The molecule has 3 atom stereocenters. The van der Waals surface area contributed by atoms with E-state index in [-0.39, 0.29) is 23.3 Å². The van der Waals surface area contributed by atoms with E-state index in [1.54, 1.807) is 12.1 Å². The lowest BCUT2D eigenvalue weighted by molar-refractivity contribution is 0.168. The molecule has 0 radical (unpaired) electrons. The first-order chi connectivity index (χ1) is 11.3. The Labute approximate surface area is 145 Å². The van der Waals surface area contributed by atoms with E-state index in [9.17, 15) is 15.3 Å². The van der Waals surface area contributed by atoms with Crippen LogP contribution < -0.4 is 0 Å². The highest BCUT2D eigenvalue weighted by Gasteiger charge is 2.33. The van der Waals surface area contributed by atoms with Crippen molar-refractivity contribution in [3.8, 4) is 11.5 Å². The zero-order valence-corrected chi connectivity index (χ0v) is 15.0. The number of aryl methyl sites for hydroxylation is 1. The van der Waals surface area contributed by atoms with Crippen molar-refractivity contribution in [1.82, 2.24) is 0 Å². The molecule has 0 aromatic heterocycles. The summed E-state index contributed by atoms with van der Waals surface area (Å²) < 4.78 is 0. The summed E-state index contributed by atoms with van der Waals surface area (Å²) in [6.07, 6.45) is 6.24. The zero-order valence-electron chi connectivity index (χ0n) is 15.0. The van der Waals surface area contributed by atoms with E-state index in [2.05, 4.69) is 13.5 Å². The maximum atomic E-state index is 10.6. The van der Waals surface area contributed by atoms with Gasteiger partial charge in [-0.25, -0.2) is 0 Å². The van der Waals surface area contributed by atoms with E-state index in [1.807, 2.05) is 19.9 Å². The topological polar surface area (TPSA) is 60.7 Å². The summed E-state index contributed by atoms with van der Waals surface area (Å²) in [6, 6.07) is 3.54. The van der Waals surface area contributed by atoms with Gasteiger partial charge >= 0.3 is 0 Å². The molecule has 1 aliphatic carbocycles. The third-order valence-corrected chi connectivity index (χ3v) is 5.11. The first-order valence-corrected chi connectivity index (χ1v) is 8.91. The lowest BCUT2D eigenvalue weighted by Crippen LogP contribution is -2.26. The predicted molar refractivity (Wildman–Crippen MR) is 98.4 cm³/mol. The van der Waals surface area contributed by atoms with E-state index in [4.69, 9.17) is 0 Å². The van der Waals surface area contributed by atoms with Gasteiger partial charge < -0.3 is 15.3 Å². The number of aliphatic hydroxyl groups excluding tert-OH is 1. The van der Waals surface area contributed by atoms with Gasteiger partial charge in [-0.05, 0) is 62.3 Å². The second-order valence-corrected chi connectivity index (χ2v) is 7.15. The number of rotatable bonds is 6. The van der Waals surface area contributed by atoms with Crippen LogP contribution in [0.15, 0.2) is 35.9 Å². The van der Waals surface area contributed by atoms with Crippen LogP contribution in [0.1, 0.15) is 63.5 Å². The number of aliphatic hydroxyl groups is 1. The van der Waals surface area contributed by atoms with Crippen molar-refractivity contribution in [2.45, 2.75) is 64.9 Å². The number of allylic oxidation sites excluding steroid dienone is 2. The van der Waals surface area contributed by atoms with E-state index >= 15 is 0 Å². The number of benzene rings is 1. The van der Waals surface area contributed by atoms with Crippen molar-refractivity contribution in [2.24, 2.45) is 5.92 Å². The van der Waals surface area contributed by atoms with Crippen LogP contribution in [0.3, 0.4) is 0 Å². The van der Waals surface area contributed by atoms with Gasteiger partial charge in [0, 0.05) is 11.5 Å². The van der Waals surface area contributed by atoms with Gasteiger partial charge in [0.2, 0.25) is 0 Å². The molecule has 0 fully saturated rings. The lowest BCUT2D eigenvalue weighted by atomic mass is 9.72. The normalized spacial score (nSPS) is 23.8. The Morgan fingerprint density at radius 1 is 1.21 bits per heavy atom. The molecule has 0 unspecified atom stereocenters. The van der Waals surface area contributed by atoms with Crippen molar-refractivity contribution in [3.63, 3.8) is 0 Å². The molecule has 0 spiro atoms. The van der Waals surface area contributed by atoms with Gasteiger partial charge in [0.25, 0.3) is 0 Å². The standard InChI is InChI=1S/C21H30O3/c1-5-6-7-8-15-10-19(23)21(20(24)11-15)17-9-14(4)18(22)12-16(17)13(2)3/h9-11,16-18,22-24H,2,5-8,12H2,1,3-4H3/t16-,17+,18+/m0/s1. The quantitative estimate of drug-likeness (QED) is 0.518. The Balaban J connectivity index is 2.37. The number of unbranched alkanes of at least 4 members (excludes halogenated alkanes) is 2. The summed E-state index contributed by atoms with van der Waals surface area (Å²) >= 11 is 0. The van der Waals surface area contributed by atoms with Crippen LogP contribution >= 0.6 is 0 Å². The number of hydrogen-bond donors (Lipinski definition) is 3. The molecule has 1 aromatic rings. The Bertz CT molecular complexity index is 607. The molecule has 0 bridgehead atoms. The van der Waals surface area contributed by atoms with E-state index in [1.165, 1.54) is 0 Å². The van der Waals surface area contributed by atoms with Crippen LogP contribution in [0.2, 0.25) is 0 Å². The molecule has 3 nitrogen and oxygen atoms in total. The summed E-state index contributed by atoms with van der Waals surface area (Å²) in [5, 5.41) is 31.2. The minimum absolute atomic E-state index is 0.00596. The molecule has 1 aliphatic rings. The summed E-state index contributed by atoms with van der Waals surface area (Å²) in [7, 11) is 0. The van der Waals surface area contributed by atoms with E-state index < -0.39 is 6.10 Å². The van der Waals surface area contributed by atoms with Crippen molar-refractivity contribution < 1.29 is 15.3 Å². The van der Waals surface area contributed by atoms with Crippen molar-refractivity contribution in [2.75, 3.05) is 0 Å². The Morgan fingerprint density at radius 2 is 1.83 bits per heavy atom. The van der Waals surface area contributed by atoms with Gasteiger partial charge in [0.15, 0.2) is 0 Å². The van der Waals surface area contributed by atoms with Gasteiger partial charge in [-0.3, -0.25) is 0 Å². The van der Waals surface area contributed by atoms with Crippen molar-refractivity contribution >= 4 is 0 Å². The molecule has 3 heteroatoms. The van der Waals surface area contributed by atoms with E-state index in [0.717, 1.165) is 42.4 Å². The molecular formula is C21H30O3. The van der Waals surface area contributed by atoms with Crippen molar-refractivity contribution in [3.05, 3.63) is 47.1 Å². The van der Waals surface area contributed by atoms with E-state index in [0.29, 0.717) is 12.0 Å². The summed E-state index contributed by atoms with van der Waals surface area (Å²) in [4.78, 5) is 0. The smallest absolute Gasteiger partial charge is 0.123 e. The second kappa shape index (κ2) is 7.89. The molecule has 0 heterocycles. The molecule has 2 rings (SSSR count). The van der Waals surface area contributed by atoms with Crippen LogP contribution in [0, 0.1) is 5.92 Å². The molecule has 3 N–H and O–H groups in total. The average Bonchev–Trinajstić information content (AvgIpc) is 2.50. The third kappa shape index (κ3) is 4.02. The highest BCUT2D eigenvalue weighted by molar-refractivity contribution is 5.52. The minimum Gasteiger partial charge on any atom is -0.507 e. The van der Waals surface area contributed by atoms with Crippen LogP contribution in [0.4, 0.5) is 0 Å². The molecule has 132 valence electrons. The summed E-state index contributed by atoms with van der Waals surface area (Å²) in [5.74, 6) is 0.124. The van der Waals surface area contributed by atoms with Crippen LogP contribution in [-0.2, 0) is 6.42 Å². The monoisotopic (exact) mass is 330 g/mol. The molecule has 0 saturated carbocycles. The largest absolute Gasteiger partial charge is 0.507 e. The second-order valence-electron chi connectivity index (χ2n) is 7.15. The number of aromatic hydroxyl groups is 2. The number of phenolic OH excluding ortho intramolecular Hbond substituents is 2. The zero-order chi connectivity index (χ0) is 17.9.